The number of nitrogens with one attached hydrogen (secondary N) is 1. The SMILES string of the molecule is CC(C)Cc1nnc(NS(=O)(=O)CC(N)=S)s1. The van der Waals surface area contributed by atoms with E-state index in [0.717, 1.165) is 11.4 Å². The van der Waals surface area contributed by atoms with Gasteiger partial charge < -0.3 is 5.73 Å². The number of nitrogens with two attached hydrogens (primary N) is 1. The van der Waals surface area contributed by atoms with Crippen LogP contribution in [0.3, 0.4) is 0 Å². The van der Waals surface area contributed by atoms with Gasteiger partial charge in [-0.1, -0.05) is 37.4 Å². The third-order valence-corrected chi connectivity index (χ3v) is 4.14. The molecule has 1 aromatic heterocycles. The molecule has 1 aromatic rings. The molecule has 17 heavy (non-hydrogen) atoms. The zero-order valence-corrected chi connectivity index (χ0v) is 12.0. The summed E-state index contributed by atoms with van der Waals surface area (Å²) in [6.07, 6.45) is 0.773. The third kappa shape index (κ3) is 5.37. The molecule has 0 fully saturated rings. The lowest BCUT2D eigenvalue weighted by Crippen LogP contribution is -2.26. The predicted molar refractivity (Wildman–Crippen MR) is 72.6 cm³/mol. The van der Waals surface area contributed by atoms with Gasteiger partial charge in [0.05, 0.1) is 4.99 Å². The summed E-state index contributed by atoms with van der Waals surface area (Å²) >= 11 is 5.77. The van der Waals surface area contributed by atoms with E-state index in [9.17, 15) is 8.42 Å². The second-order valence-corrected chi connectivity index (χ2v) is 7.24. The maximum atomic E-state index is 11.5. The van der Waals surface area contributed by atoms with Crippen LogP contribution in [0.25, 0.3) is 0 Å². The van der Waals surface area contributed by atoms with Gasteiger partial charge in [-0.05, 0) is 5.92 Å². The summed E-state index contributed by atoms with van der Waals surface area (Å²) in [4.78, 5) is -0.0792. The van der Waals surface area contributed by atoms with Crippen LogP contribution in [0.15, 0.2) is 0 Å². The Morgan fingerprint density at radius 2 is 2.18 bits per heavy atom. The highest BCUT2D eigenvalue weighted by Gasteiger charge is 2.15. The van der Waals surface area contributed by atoms with Crippen molar-refractivity contribution in [3.63, 3.8) is 0 Å². The van der Waals surface area contributed by atoms with E-state index in [4.69, 9.17) is 5.73 Å². The Balaban J connectivity index is 2.69. The molecular formula is C8H14N4O2S3. The number of rotatable bonds is 6. The van der Waals surface area contributed by atoms with Crippen molar-refractivity contribution in [1.29, 1.82) is 0 Å². The highest BCUT2D eigenvalue weighted by molar-refractivity contribution is 7.95. The van der Waals surface area contributed by atoms with Crippen LogP contribution in [0, 0.1) is 5.92 Å². The Morgan fingerprint density at radius 1 is 1.53 bits per heavy atom. The van der Waals surface area contributed by atoms with Crippen LogP contribution in [0.5, 0.6) is 0 Å². The maximum absolute atomic E-state index is 11.5. The highest BCUT2D eigenvalue weighted by Crippen LogP contribution is 2.19. The van der Waals surface area contributed by atoms with Gasteiger partial charge in [0, 0.05) is 6.42 Å². The minimum Gasteiger partial charge on any atom is -0.392 e. The Hall–Kier alpha value is -0.800. The van der Waals surface area contributed by atoms with Gasteiger partial charge in [0.25, 0.3) is 0 Å². The lowest BCUT2D eigenvalue weighted by molar-refractivity contribution is 0.604. The fourth-order valence-electron chi connectivity index (χ4n) is 1.08. The van der Waals surface area contributed by atoms with Gasteiger partial charge in [-0.25, -0.2) is 8.42 Å². The van der Waals surface area contributed by atoms with Crippen LogP contribution in [0.4, 0.5) is 5.13 Å². The minimum atomic E-state index is -3.56. The molecule has 0 atom stereocenters. The number of anilines is 1. The van der Waals surface area contributed by atoms with Crippen LogP contribution in [-0.4, -0.2) is 29.4 Å². The van der Waals surface area contributed by atoms with Crippen molar-refractivity contribution < 1.29 is 8.42 Å². The van der Waals surface area contributed by atoms with E-state index < -0.39 is 10.0 Å². The van der Waals surface area contributed by atoms with Crippen molar-refractivity contribution in [3.05, 3.63) is 5.01 Å². The molecule has 0 saturated heterocycles. The molecule has 9 heteroatoms. The van der Waals surface area contributed by atoms with Crippen LogP contribution in [0.2, 0.25) is 0 Å². The number of aromatic nitrogens is 2. The molecule has 0 aliphatic heterocycles. The molecule has 0 bridgehead atoms. The molecule has 0 unspecified atom stereocenters. The molecule has 0 amide bonds. The summed E-state index contributed by atoms with van der Waals surface area (Å²) in [5.74, 6) is 0.0607. The molecule has 3 N–H and O–H groups in total. The van der Waals surface area contributed by atoms with Gasteiger partial charge in [-0.2, -0.15) is 0 Å². The lowest BCUT2D eigenvalue weighted by Gasteiger charge is -2.02. The number of thiocarbonyl (C=S) groups is 1. The van der Waals surface area contributed by atoms with Crippen molar-refractivity contribution in [2.75, 3.05) is 10.5 Å². The van der Waals surface area contributed by atoms with E-state index in [0.29, 0.717) is 5.92 Å². The first-order valence-corrected chi connectivity index (χ1v) is 7.77. The Morgan fingerprint density at radius 3 is 2.71 bits per heavy atom. The fourth-order valence-corrected chi connectivity index (χ4v) is 3.65. The number of hydrogen-bond donors (Lipinski definition) is 2. The Bertz CT molecular complexity index is 495. The van der Waals surface area contributed by atoms with E-state index in [-0.39, 0.29) is 15.9 Å². The summed E-state index contributed by atoms with van der Waals surface area (Å²) in [7, 11) is -3.56. The van der Waals surface area contributed by atoms with Crippen molar-refractivity contribution in [3.8, 4) is 0 Å². The molecule has 0 saturated carbocycles. The van der Waals surface area contributed by atoms with E-state index in [1.807, 2.05) is 0 Å². The van der Waals surface area contributed by atoms with Crippen LogP contribution >= 0.6 is 23.6 Å². The van der Waals surface area contributed by atoms with Gasteiger partial charge in [0.2, 0.25) is 15.2 Å². The predicted octanol–water partition coefficient (Wildman–Crippen LogP) is 0.764. The molecule has 0 aliphatic carbocycles. The van der Waals surface area contributed by atoms with Crippen molar-refractivity contribution in [2.24, 2.45) is 11.7 Å². The number of hydrogen-bond acceptors (Lipinski definition) is 6. The summed E-state index contributed by atoms with van der Waals surface area (Å²) in [5.41, 5.74) is 5.18. The standard InChI is InChI=1S/C8H14N4O2S3/c1-5(2)3-7-10-11-8(16-7)12-17(13,14)4-6(9)15/h5H,3-4H2,1-2H3,(H2,9,15)(H,11,12). The first-order chi connectivity index (χ1) is 7.78. The summed E-state index contributed by atoms with van der Waals surface area (Å²) in [6, 6.07) is 0. The number of sulfonamides is 1. The first-order valence-electron chi connectivity index (χ1n) is 4.89. The lowest BCUT2D eigenvalue weighted by atomic mass is 10.1. The second kappa shape index (κ2) is 5.69. The molecule has 96 valence electrons. The smallest absolute Gasteiger partial charge is 0.241 e. The zero-order chi connectivity index (χ0) is 13.1. The third-order valence-electron chi connectivity index (χ3n) is 1.62. The van der Waals surface area contributed by atoms with Crippen molar-refractivity contribution >= 4 is 43.7 Å². The molecule has 6 nitrogen and oxygen atoms in total. The van der Waals surface area contributed by atoms with Gasteiger partial charge in [0.1, 0.15) is 10.8 Å². The molecule has 0 aromatic carbocycles. The summed E-state index contributed by atoms with van der Waals surface area (Å²) in [5, 5.41) is 8.70. The summed E-state index contributed by atoms with van der Waals surface area (Å²) < 4.78 is 25.3. The van der Waals surface area contributed by atoms with Gasteiger partial charge in [-0.15, -0.1) is 10.2 Å². The molecule has 0 radical (unpaired) electrons. The molecule has 1 heterocycles. The van der Waals surface area contributed by atoms with E-state index >= 15 is 0 Å². The second-order valence-electron chi connectivity index (χ2n) is 3.93. The maximum Gasteiger partial charge on any atom is 0.241 e. The van der Waals surface area contributed by atoms with Crippen molar-refractivity contribution in [1.82, 2.24) is 10.2 Å². The van der Waals surface area contributed by atoms with E-state index in [2.05, 4.69) is 41.0 Å². The molecule has 0 spiro atoms. The summed E-state index contributed by atoms with van der Waals surface area (Å²) in [6.45, 7) is 4.11. The fraction of sp³-hybridized carbons (Fsp3) is 0.625. The van der Waals surface area contributed by atoms with E-state index in [1.165, 1.54) is 11.3 Å². The zero-order valence-electron chi connectivity index (χ0n) is 9.50. The Labute approximate surface area is 110 Å². The molecule has 0 aliphatic rings. The molecular weight excluding hydrogens is 280 g/mol. The van der Waals surface area contributed by atoms with Gasteiger partial charge in [0.15, 0.2) is 0 Å². The van der Waals surface area contributed by atoms with Crippen LogP contribution in [-0.2, 0) is 16.4 Å². The average molecular weight is 294 g/mol. The van der Waals surface area contributed by atoms with E-state index in [1.54, 1.807) is 0 Å². The average Bonchev–Trinajstić information content (AvgIpc) is 2.46. The van der Waals surface area contributed by atoms with Gasteiger partial charge in [-0.3, -0.25) is 4.72 Å². The quantitative estimate of drug-likeness (QED) is 0.752. The van der Waals surface area contributed by atoms with Crippen LogP contribution < -0.4 is 10.5 Å². The van der Waals surface area contributed by atoms with Gasteiger partial charge >= 0.3 is 0 Å². The highest BCUT2D eigenvalue weighted by atomic mass is 32.2. The topological polar surface area (TPSA) is 98.0 Å². The normalized spacial score (nSPS) is 11.7. The Kier molecular flexibility index (Phi) is 4.78. The van der Waals surface area contributed by atoms with Crippen molar-refractivity contribution in [2.45, 2.75) is 20.3 Å². The largest absolute Gasteiger partial charge is 0.392 e. The monoisotopic (exact) mass is 294 g/mol. The minimum absolute atomic E-state index is 0.0792. The molecule has 1 rings (SSSR count). The number of nitrogens with zero attached hydrogens (tertiary/aromatic N) is 2. The first kappa shape index (κ1) is 14.3. The van der Waals surface area contributed by atoms with Crippen LogP contribution in [0.1, 0.15) is 18.9 Å².